The van der Waals surface area contributed by atoms with Crippen LogP contribution in [0.4, 0.5) is 11.8 Å². The number of hydrogen-bond donors (Lipinski definition) is 0. The molecule has 1 spiro atoms. The van der Waals surface area contributed by atoms with Gasteiger partial charge in [0, 0.05) is 64.5 Å². The molecule has 1 aromatic heterocycles. The quantitative estimate of drug-likeness (QED) is 0.545. The Morgan fingerprint density at radius 2 is 1.50 bits per heavy atom. The van der Waals surface area contributed by atoms with E-state index in [9.17, 15) is 9.59 Å². The van der Waals surface area contributed by atoms with Crippen molar-refractivity contribution in [2.75, 3.05) is 62.2 Å². The number of nitrogens with zero attached hydrogens (tertiary/aromatic N) is 6. The van der Waals surface area contributed by atoms with Crippen LogP contribution < -0.4 is 9.80 Å². The van der Waals surface area contributed by atoms with Crippen molar-refractivity contribution < 1.29 is 14.3 Å². The Morgan fingerprint density at radius 1 is 0.810 bits per heavy atom. The van der Waals surface area contributed by atoms with Gasteiger partial charge in [-0.05, 0) is 74.5 Å². The second-order valence-electron chi connectivity index (χ2n) is 13.1. The topological polar surface area (TPSA) is 82.1 Å². The summed E-state index contributed by atoms with van der Waals surface area (Å²) in [6, 6.07) is 10.2. The summed E-state index contributed by atoms with van der Waals surface area (Å²) in [7, 11) is 0. The predicted molar refractivity (Wildman–Crippen MR) is 161 cm³/mol. The van der Waals surface area contributed by atoms with E-state index in [1.54, 1.807) is 0 Å². The molecule has 5 aliphatic rings. The third kappa shape index (κ3) is 5.14. The summed E-state index contributed by atoms with van der Waals surface area (Å²) in [6.45, 7) is 8.46. The normalized spacial score (nSPS) is 27.4. The van der Waals surface area contributed by atoms with Crippen LogP contribution in [0, 0.1) is 11.8 Å². The maximum atomic E-state index is 14.0. The largest absolute Gasteiger partial charge is 0.353 e. The van der Waals surface area contributed by atoms with Gasteiger partial charge in [0.25, 0.3) is 5.91 Å². The highest BCUT2D eigenvalue weighted by Gasteiger charge is 2.50. The summed E-state index contributed by atoms with van der Waals surface area (Å²) >= 11 is 0. The summed E-state index contributed by atoms with van der Waals surface area (Å²) in [5.41, 5.74) is 1.64. The zero-order valence-electron chi connectivity index (χ0n) is 24.9. The molecule has 2 amide bonds. The number of ether oxygens (including phenoxy) is 1. The molecule has 1 saturated carbocycles. The highest BCUT2D eigenvalue weighted by Crippen LogP contribution is 2.50. The van der Waals surface area contributed by atoms with E-state index in [0.717, 1.165) is 93.5 Å². The number of hydrogen-bond acceptors (Lipinski definition) is 7. The lowest BCUT2D eigenvalue weighted by Gasteiger charge is -2.41. The molecule has 0 radical (unpaired) electrons. The van der Waals surface area contributed by atoms with Gasteiger partial charge >= 0.3 is 0 Å². The summed E-state index contributed by atoms with van der Waals surface area (Å²) in [4.78, 5) is 45.2. The standard InChI is InChI=1S/C33H44N6O3/c1-24-8-10-25(11-9-24)30(40)37-18-13-33(14-19-37)27-7-3-2-6-26(27)29(42-33)31(41)38-22-20-36(21-23-38)28-12-15-34-32(35-28)39-16-4-5-17-39/h2-3,6-7,12,15,24-25,29H,4-5,8-11,13-14,16-23H2,1H3. The molecule has 1 atom stereocenters. The van der Waals surface area contributed by atoms with Crippen molar-refractivity contribution >= 4 is 23.6 Å². The Hall–Kier alpha value is -3.20. The molecule has 42 heavy (non-hydrogen) atoms. The summed E-state index contributed by atoms with van der Waals surface area (Å²) in [5.74, 6) is 3.03. The van der Waals surface area contributed by atoms with Gasteiger partial charge < -0.3 is 24.3 Å². The summed E-state index contributed by atoms with van der Waals surface area (Å²) < 4.78 is 6.78. The molecule has 9 nitrogen and oxygen atoms in total. The first kappa shape index (κ1) is 27.6. The number of likely N-dealkylation sites (tertiary alicyclic amines) is 1. The second-order valence-corrected chi connectivity index (χ2v) is 13.1. The SMILES string of the molecule is CC1CCC(C(=O)N2CCC3(CC2)OC(C(=O)N2CCN(c4ccnc(N5CCCC5)n4)CC2)c2ccccc23)CC1. The van der Waals surface area contributed by atoms with Gasteiger partial charge in [-0.3, -0.25) is 9.59 Å². The van der Waals surface area contributed by atoms with Crippen molar-refractivity contribution in [1.82, 2.24) is 19.8 Å². The predicted octanol–water partition coefficient (Wildman–Crippen LogP) is 4.14. The number of anilines is 2. The van der Waals surface area contributed by atoms with Crippen molar-refractivity contribution in [2.45, 2.75) is 70.0 Å². The van der Waals surface area contributed by atoms with Crippen molar-refractivity contribution in [3.05, 3.63) is 47.7 Å². The molecule has 9 heteroatoms. The van der Waals surface area contributed by atoms with Crippen molar-refractivity contribution in [1.29, 1.82) is 0 Å². The minimum atomic E-state index is -0.587. The van der Waals surface area contributed by atoms with E-state index in [1.807, 2.05) is 23.2 Å². The first-order valence-corrected chi connectivity index (χ1v) is 16.2. The molecule has 2 aromatic rings. The molecule has 7 rings (SSSR count). The molecule has 0 bridgehead atoms. The highest BCUT2D eigenvalue weighted by molar-refractivity contribution is 5.84. The number of aromatic nitrogens is 2. The highest BCUT2D eigenvalue weighted by atomic mass is 16.5. The number of rotatable bonds is 4. The molecule has 224 valence electrons. The number of benzene rings is 1. The zero-order chi connectivity index (χ0) is 28.7. The molecule has 4 aliphatic heterocycles. The van der Waals surface area contributed by atoms with Crippen LogP contribution in [0.2, 0.25) is 0 Å². The van der Waals surface area contributed by atoms with E-state index in [2.05, 4.69) is 44.8 Å². The number of amides is 2. The monoisotopic (exact) mass is 572 g/mol. The van der Waals surface area contributed by atoms with Crippen LogP contribution in [0.5, 0.6) is 0 Å². The van der Waals surface area contributed by atoms with Crippen LogP contribution in [-0.4, -0.2) is 83.9 Å². The van der Waals surface area contributed by atoms with Gasteiger partial charge in [-0.15, -0.1) is 0 Å². The number of piperidine rings is 1. The van der Waals surface area contributed by atoms with E-state index in [-0.39, 0.29) is 11.8 Å². The lowest BCUT2D eigenvalue weighted by molar-refractivity contribution is -0.164. The first-order chi connectivity index (χ1) is 20.5. The lowest BCUT2D eigenvalue weighted by atomic mass is 9.80. The molecule has 1 aliphatic carbocycles. The second kappa shape index (κ2) is 11.5. The van der Waals surface area contributed by atoms with E-state index >= 15 is 0 Å². The Morgan fingerprint density at radius 3 is 2.24 bits per heavy atom. The third-order valence-corrected chi connectivity index (χ3v) is 10.5. The minimum Gasteiger partial charge on any atom is -0.353 e. The number of fused-ring (bicyclic) bond motifs is 2. The van der Waals surface area contributed by atoms with E-state index in [1.165, 1.54) is 12.8 Å². The fourth-order valence-electron chi connectivity index (χ4n) is 7.82. The van der Waals surface area contributed by atoms with Crippen molar-refractivity contribution in [3.8, 4) is 0 Å². The fraction of sp³-hybridized carbons (Fsp3) is 0.636. The van der Waals surface area contributed by atoms with Crippen LogP contribution >= 0.6 is 0 Å². The van der Waals surface area contributed by atoms with Crippen LogP contribution in [-0.2, 0) is 19.9 Å². The number of piperazine rings is 1. The van der Waals surface area contributed by atoms with E-state index in [4.69, 9.17) is 9.72 Å². The van der Waals surface area contributed by atoms with Crippen LogP contribution in [0.3, 0.4) is 0 Å². The van der Waals surface area contributed by atoms with Gasteiger partial charge in [-0.25, -0.2) is 4.98 Å². The molecular weight excluding hydrogens is 528 g/mol. The summed E-state index contributed by atoms with van der Waals surface area (Å²) in [5, 5.41) is 0. The average molecular weight is 573 g/mol. The van der Waals surface area contributed by atoms with Crippen LogP contribution in [0.1, 0.15) is 75.5 Å². The molecule has 0 N–H and O–H groups in total. The van der Waals surface area contributed by atoms with Crippen LogP contribution in [0.15, 0.2) is 36.5 Å². The molecular formula is C33H44N6O3. The molecule has 4 fully saturated rings. The Labute approximate surface area is 249 Å². The maximum Gasteiger partial charge on any atom is 0.256 e. The fourth-order valence-corrected chi connectivity index (χ4v) is 7.82. The molecule has 1 aromatic carbocycles. The molecule has 5 heterocycles. The van der Waals surface area contributed by atoms with Gasteiger partial charge in [0.05, 0.1) is 5.60 Å². The molecule has 3 saturated heterocycles. The van der Waals surface area contributed by atoms with Gasteiger partial charge in [0.1, 0.15) is 5.82 Å². The van der Waals surface area contributed by atoms with Crippen molar-refractivity contribution in [2.24, 2.45) is 11.8 Å². The van der Waals surface area contributed by atoms with Gasteiger partial charge in [0.15, 0.2) is 6.10 Å². The van der Waals surface area contributed by atoms with E-state index in [0.29, 0.717) is 32.1 Å². The number of carbonyl (C=O) groups is 2. The molecule has 1 unspecified atom stereocenters. The lowest BCUT2D eigenvalue weighted by Crippen LogP contribution is -2.51. The van der Waals surface area contributed by atoms with Crippen molar-refractivity contribution in [3.63, 3.8) is 0 Å². The maximum absolute atomic E-state index is 14.0. The van der Waals surface area contributed by atoms with Gasteiger partial charge in [0.2, 0.25) is 11.9 Å². The Bertz CT molecular complexity index is 1290. The Balaban J connectivity index is 0.993. The van der Waals surface area contributed by atoms with Crippen LogP contribution in [0.25, 0.3) is 0 Å². The summed E-state index contributed by atoms with van der Waals surface area (Å²) in [6.07, 6.45) is 9.47. The average Bonchev–Trinajstić information content (AvgIpc) is 3.69. The number of carbonyl (C=O) groups excluding carboxylic acids is 2. The Kier molecular flexibility index (Phi) is 7.54. The smallest absolute Gasteiger partial charge is 0.256 e. The first-order valence-electron chi connectivity index (χ1n) is 16.2. The van der Waals surface area contributed by atoms with Gasteiger partial charge in [-0.2, -0.15) is 4.98 Å². The van der Waals surface area contributed by atoms with Gasteiger partial charge in [-0.1, -0.05) is 31.2 Å². The zero-order valence-corrected chi connectivity index (χ0v) is 24.9. The minimum absolute atomic E-state index is 0.0502. The third-order valence-electron chi connectivity index (χ3n) is 10.5. The van der Waals surface area contributed by atoms with E-state index < -0.39 is 11.7 Å².